The van der Waals surface area contributed by atoms with E-state index in [2.05, 4.69) is 27.9 Å². The number of benzene rings is 3. The Morgan fingerprint density at radius 3 is 2.56 bits per heavy atom. The van der Waals surface area contributed by atoms with E-state index in [4.69, 9.17) is 21.1 Å². The van der Waals surface area contributed by atoms with Crippen molar-refractivity contribution in [2.75, 3.05) is 11.9 Å². The minimum Gasteiger partial charge on any atom is -0.490 e. The number of aryl methyl sites for hydroxylation is 1. The van der Waals surface area contributed by atoms with E-state index in [9.17, 15) is 10.1 Å². The average Bonchev–Trinajstić information content (AvgIpc) is 2.81. The molecule has 5 nitrogen and oxygen atoms in total. The number of carbonyl (C=O) groups is 1. The standard InChI is InChI=1S/C27H24ClIN2O3/c1-4-33-25-14-20(13-23(28)26(25)34-16-19-8-10-22(29)11-9-19)12-21(15-30)27(32)31-24-7-5-6-17(2)18(24)3/h5-14H,4,16H2,1-3H3,(H,31,32)/b21-12+. The Balaban J connectivity index is 1.86. The normalized spacial score (nSPS) is 11.0. The van der Waals surface area contributed by atoms with Crippen LogP contribution in [0.15, 0.2) is 60.2 Å². The minimum atomic E-state index is -0.496. The van der Waals surface area contributed by atoms with Crippen molar-refractivity contribution in [2.24, 2.45) is 0 Å². The van der Waals surface area contributed by atoms with Crippen LogP contribution in [-0.2, 0) is 11.4 Å². The lowest BCUT2D eigenvalue weighted by atomic mass is 10.1. The molecule has 1 N–H and O–H groups in total. The molecule has 1 amide bonds. The van der Waals surface area contributed by atoms with Crippen molar-refractivity contribution in [3.63, 3.8) is 0 Å². The molecule has 3 aromatic carbocycles. The molecule has 0 aliphatic heterocycles. The number of rotatable bonds is 8. The van der Waals surface area contributed by atoms with Crippen LogP contribution in [-0.4, -0.2) is 12.5 Å². The molecule has 0 heterocycles. The Labute approximate surface area is 218 Å². The highest BCUT2D eigenvalue weighted by Gasteiger charge is 2.15. The highest BCUT2D eigenvalue weighted by Crippen LogP contribution is 2.38. The zero-order valence-corrected chi connectivity index (χ0v) is 22.0. The van der Waals surface area contributed by atoms with Crippen LogP contribution in [0, 0.1) is 28.7 Å². The lowest BCUT2D eigenvalue weighted by Crippen LogP contribution is -2.14. The predicted octanol–water partition coefficient (Wildman–Crippen LogP) is 7.08. The van der Waals surface area contributed by atoms with E-state index in [1.807, 2.05) is 63.2 Å². The fourth-order valence-corrected chi connectivity index (χ4v) is 3.84. The van der Waals surface area contributed by atoms with Gasteiger partial charge in [0.2, 0.25) is 0 Å². The third-order valence-electron chi connectivity index (χ3n) is 5.16. The second-order valence-corrected chi connectivity index (χ2v) is 9.20. The molecule has 7 heteroatoms. The molecular formula is C27H24ClIN2O3. The topological polar surface area (TPSA) is 71.3 Å². The summed E-state index contributed by atoms with van der Waals surface area (Å²) in [6, 6.07) is 18.9. The molecule has 0 unspecified atom stereocenters. The van der Waals surface area contributed by atoms with Gasteiger partial charge in [0.05, 0.1) is 11.6 Å². The van der Waals surface area contributed by atoms with Crippen LogP contribution in [0.4, 0.5) is 5.69 Å². The number of amides is 1. The number of hydrogen-bond donors (Lipinski definition) is 1. The summed E-state index contributed by atoms with van der Waals surface area (Å²) in [7, 11) is 0. The summed E-state index contributed by atoms with van der Waals surface area (Å²) in [5, 5.41) is 12.8. The molecule has 0 aromatic heterocycles. The van der Waals surface area contributed by atoms with Crippen molar-refractivity contribution in [2.45, 2.75) is 27.4 Å². The first kappa shape index (κ1) is 25.6. The second kappa shape index (κ2) is 11.9. The van der Waals surface area contributed by atoms with Crippen LogP contribution < -0.4 is 14.8 Å². The lowest BCUT2D eigenvalue weighted by Gasteiger charge is -2.15. The Morgan fingerprint density at radius 2 is 1.88 bits per heavy atom. The molecule has 3 aromatic rings. The number of nitrogens with zero attached hydrogens (tertiary/aromatic N) is 1. The monoisotopic (exact) mass is 586 g/mol. The molecule has 174 valence electrons. The van der Waals surface area contributed by atoms with Gasteiger partial charge in [-0.25, -0.2) is 0 Å². The van der Waals surface area contributed by atoms with E-state index in [1.54, 1.807) is 18.2 Å². The molecule has 0 aliphatic rings. The first-order valence-electron chi connectivity index (χ1n) is 10.6. The second-order valence-electron chi connectivity index (χ2n) is 7.55. The van der Waals surface area contributed by atoms with Crippen LogP contribution in [0.25, 0.3) is 6.08 Å². The Bertz CT molecular complexity index is 1260. The maximum Gasteiger partial charge on any atom is 0.266 e. The van der Waals surface area contributed by atoms with E-state index in [-0.39, 0.29) is 5.57 Å². The van der Waals surface area contributed by atoms with Gasteiger partial charge in [-0.1, -0.05) is 35.9 Å². The summed E-state index contributed by atoms with van der Waals surface area (Å²) in [5.74, 6) is 0.362. The molecule has 0 radical (unpaired) electrons. The molecule has 34 heavy (non-hydrogen) atoms. The average molecular weight is 587 g/mol. The van der Waals surface area contributed by atoms with Crippen molar-refractivity contribution < 1.29 is 14.3 Å². The molecule has 0 atom stereocenters. The van der Waals surface area contributed by atoms with Crippen LogP contribution in [0.3, 0.4) is 0 Å². The van der Waals surface area contributed by atoms with Gasteiger partial charge >= 0.3 is 0 Å². The van der Waals surface area contributed by atoms with Gasteiger partial charge in [0.25, 0.3) is 5.91 Å². The van der Waals surface area contributed by atoms with Crippen molar-refractivity contribution >= 4 is 51.9 Å². The fraction of sp³-hybridized carbons (Fsp3) is 0.185. The van der Waals surface area contributed by atoms with Gasteiger partial charge < -0.3 is 14.8 Å². The van der Waals surface area contributed by atoms with E-state index < -0.39 is 5.91 Å². The summed E-state index contributed by atoms with van der Waals surface area (Å²) in [6.07, 6.45) is 1.48. The largest absolute Gasteiger partial charge is 0.490 e. The van der Waals surface area contributed by atoms with Crippen LogP contribution >= 0.6 is 34.2 Å². The number of halogens is 2. The van der Waals surface area contributed by atoms with Crippen molar-refractivity contribution in [3.8, 4) is 17.6 Å². The predicted molar refractivity (Wildman–Crippen MR) is 144 cm³/mol. The molecule has 3 rings (SSSR count). The van der Waals surface area contributed by atoms with Gasteiger partial charge in [-0.15, -0.1) is 0 Å². The number of anilines is 1. The SMILES string of the molecule is CCOc1cc(/C=C(\C#N)C(=O)Nc2cccc(C)c2C)cc(Cl)c1OCc1ccc(I)cc1. The first-order valence-corrected chi connectivity index (χ1v) is 12.1. The molecule has 0 fully saturated rings. The molecule has 0 aliphatic carbocycles. The summed E-state index contributed by atoms with van der Waals surface area (Å²) in [6.45, 7) is 6.47. The van der Waals surface area contributed by atoms with Crippen LogP contribution in [0.1, 0.15) is 29.2 Å². The molecule has 0 bridgehead atoms. The van der Waals surface area contributed by atoms with Gasteiger partial charge in [0.1, 0.15) is 18.2 Å². The summed E-state index contributed by atoms with van der Waals surface area (Å²) in [4.78, 5) is 12.8. The molecule has 0 spiro atoms. The Morgan fingerprint density at radius 1 is 1.15 bits per heavy atom. The highest BCUT2D eigenvalue weighted by molar-refractivity contribution is 14.1. The first-order chi connectivity index (χ1) is 16.3. The van der Waals surface area contributed by atoms with Crippen molar-refractivity contribution in [1.29, 1.82) is 5.26 Å². The van der Waals surface area contributed by atoms with E-state index in [0.29, 0.717) is 41.0 Å². The number of hydrogen-bond acceptors (Lipinski definition) is 4. The van der Waals surface area contributed by atoms with E-state index in [1.165, 1.54) is 6.08 Å². The summed E-state index contributed by atoms with van der Waals surface area (Å²) in [5.41, 5.74) is 4.17. The number of nitriles is 1. The molecule has 0 saturated carbocycles. The van der Waals surface area contributed by atoms with E-state index >= 15 is 0 Å². The minimum absolute atomic E-state index is 0.0491. The summed E-state index contributed by atoms with van der Waals surface area (Å²) >= 11 is 8.77. The van der Waals surface area contributed by atoms with Crippen molar-refractivity contribution in [1.82, 2.24) is 0 Å². The highest BCUT2D eigenvalue weighted by atomic mass is 127. The zero-order valence-electron chi connectivity index (χ0n) is 19.1. The van der Waals surface area contributed by atoms with Gasteiger partial charge in [-0.3, -0.25) is 4.79 Å². The number of nitrogens with one attached hydrogen (secondary N) is 1. The quantitative estimate of drug-likeness (QED) is 0.174. The Kier molecular flexibility index (Phi) is 8.97. The van der Waals surface area contributed by atoms with Crippen molar-refractivity contribution in [3.05, 3.63) is 91.0 Å². The van der Waals surface area contributed by atoms with Crippen LogP contribution in [0.5, 0.6) is 11.5 Å². The lowest BCUT2D eigenvalue weighted by molar-refractivity contribution is -0.112. The zero-order chi connectivity index (χ0) is 24.7. The maximum absolute atomic E-state index is 12.8. The maximum atomic E-state index is 12.8. The molecular weight excluding hydrogens is 563 g/mol. The van der Waals surface area contributed by atoms with Crippen LogP contribution in [0.2, 0.25) is 5.02 Å². The van der Waals surface area contributed by atoms with Gasteiger partial charge in [0, 0.05) is 9.26 Å². The number of ether oxygens (including phenoxy) is 2. The molecule has 0 saturated heterocycles. The fourth-order valence-electron chi connectivity index (χ4n) is 3.20. The smallest absolute Gasteiger partial charge is 0.266 e. The van der Waals surface area contributed by atoms with Gasteiger partial charge in [-0.05, 0) is 102 Å². The van der Waals surface area contributed by atoms with Gasteiger partial charge in [0.15, 0.2) is 11.5 Å². The number of carbonyl (C=O) groups excluding carboxylic acids is 1. The van der Waals surface area contributed by atoms with E-state index in [0.717, 1.165) is 20.3 Å². The third kappa shape index (κ3) is 6.52. The third-order valence-corrected chi connectivity index (χ3v) is 6.16. The Hall–Kier alpha value is -3.02. The van der Waals surface area contributed by atoms with Gasteiger partial charge in [-0.2, -0.15) is 5.26 Å². The summed E-state index contributed by atoms with van der Waals surface area (Å²) < 4.78 is 12.8.